The van der Waals surface area contributed by atoms with Crippen molar-refractivity contribution in [2.45, 2.75) is 11.4 Å². The Morgan fingerprint density at radius 1 is 1.15 bits per heavy atom. The number of halogens is 1. The van der Waals surface area contributed by atoms with E-state index in [4.69, 9.17) is 0 Å². The van der Waals surface area contributed by atoms with E-state index in [-0.39, 0.29) is 11.4 Å². The van der Waals surface area contributed by atoms with Gasteiger partial charge in [-0.15, -0.1) is 0 Å². The molecule has 1 aromatic heterocycles. The number of pyridine rings is 1. The third-order valence-corrected chi connectivity index (χ3v) is 4.60. The monoisotopic (exact) mass is 355 g/mol. The van der Waals surface area contributed by atoms with Crippen molar-refractivity contribution < 1.29 is 8.42 Å². The summed E-state index contributed by atoms with van der Waals surface area (Å²) in [7, 11) is -1.82. The lowest BCUT2D eigenvalue weighted by Crippen LogP contribution is -2.23. The number of nitrogens with zero attached hydrogens (tertiary/aromatic N) is 1. The first-order valence-corrected chi connectivity index (χ1v) is 8.17. The van der Waals surface area contributed by atoms with Crippen LogP contribution in [0.2, 0.25) is 0 Å². The average Bonchev–Trinajstić information content (AvgIpc) is 2.47. The van der Waals surface area contributed by atoms with Gasteiger partial charge in [0.15, 0.2) is 0 Å². The summed E-state index contributed by atoms with van der Waals surface area (Å²) in [6.07, 6.45) is 1.33. The van der Waals surface area contributed by atoms with Crippen LogP contribution in [0.1, 0.15) is 5.56 Å². The maximum absolute atomic E-state index is 12.1. The lowest BCUT2D eigenvalue weighted by atomic mass is 10.2. The average molecular weight is 356 g/mol. The highest BCUT2D eigenvalue weighted by Crippen LogP contribution is 2.13. The largest absolute Gasteiger partial charge is 0.373 e. The van der Waals surface area contributed by atoms with Gasteiger partial charge in [0.25, 0.3) is 0 Å². The second-order valence-electron chi connectivity index (χ2n) is 4.08. The normalized spacial score (nSPS) is 11.3. The van der Waals surface area contributed by atoms with Gasteiger partial charge in [0.05, 0.1) is 0 Å². The topological polar surface area (TPSA) is 71.1 Å². The number of hydrogen-bond acceptors (Lipinski definition) is 4. The van der Waals surface area contributed by atoms with E-state index in [1.807, 2.05) is 24.3 Å². The molecule has 1 heterocycles. The van der Waals surface area contributed by atoms with Crippen molar-refractivity contribution in [3.63, 3.8) is 0 Å². The van der Waals surface area contributed by atoms with Gasteiger partial charge in [0, 0.05) is 24.3 Å². The predicted octanol–water partition coefficient (Wildman–Crippen LogP) is 2.36. The van der Waals surface area contributed by atoms with Crippen molar-refractivity contribution in [1.82, 2.24) is 9.71 Å². The number of aromatic nitrogens is 1. The van der Waals surface area contributed by atoms with Crippen LogP contribution in [0.25, 0.3) is 0 Å². The maximum Gasteiger partial charge on any atom is 0.242 e. The van der Waals surface area contributed by atoms with Crippen LogP contribution in [0.3, 0.4) is 0 Å². The summed E-state index contributed by atoms with van der Waals surface area (Å²) < 4.78 is 27.7. The molecule has 0 fully saturated rings. The molecule has 0 radical (unpaired) electrons. The quantitative estimate of drug-likeness (QED) is 0.863. The van der Waals surface area contributed by atoms with Crippen molar-refractivity contribution in [2.75, 3.05) is 12.4 Å². The van der Waals surface area contributed by atoms with E-state index in [2.05, 4.69) is 31.0 Å². The summed E-state index contributed by atoms with van der Waals surface area (Å²) in [5.41, 5.74) is 0.886. The second kappa shape index (κ2) is 6.34. The van der Waals surface area contributed by atoms with E-state index >= 15 is 0 Å². The molecule has 2 N–H and O–H groups in total. The zero-order valence-electron chi connectivity index (χ0n) is 10.8. The van der Waals surface area contributed by atoms with Crippen molar-refractivity contribution in [1.29, 1.82) is 0 Å². The minimum atomic E-state index is -3.55. The fraction of sp³-hybridized carbons (Fsp3) is 0.154. The zero-order chi connectivity index (χ0) is 14.6. The molecule has 0 aliphatic rings. The van der Waals surface area contributed by atoms with Crippen molar-refractivity contribution in [3.05, 3.63) is 52.6 Å². The molecule has 2 aromatic rings. The first kappa shape index (κ1) is 15.0. The number of hydrogen-bond donors (Lipinski definition) is 2. The summed E-state index contributed by atoms with van der Waals surface area (Å²) in [4.78, 5) is 4.14. The molecule has 0 atom stereocenters. The van der Waals surface area contributed by atoms with Gasteiger partial charge in [-0.25, -0.2) is 18.1 Å². The summed E-state index contributed by atoms with van der Waals surface area (Å²) >= 11 is 3.33. The summed E-state index contributed by atoms with van der Waals surface area (Å²) in [6.45, 7) is 0.239. The molecule has 0 aliphatic heterocycles. The van der Waals surface area contributed by atoms with Gasteiger partial charge < -0.3 is 5.32 Å². The van der Waals surface area contributed by atoms with E-state index in [1.54, 1.807) is 13.1 Å². The summed E-state index contributed by atoms with van der Waals surface area (Å²) in [5.74, 6) is 0.622. The van der Waals surface area contributed by atoms with Gasteiger partial charge in [0.1, 0.15) is 10.7 Å². The molecular formula is C13H14BrN3O2S. The van der Waals surface area contributed by atoms with Crippen molar-refractivity contribution >= 4 is 31.8 Å². The van der Waals surface area contributed by atoms with Crippen molar-refractivity contribution in [3.8, 4) is 0 Å². The number of rotatable bonds is 5. The Morgan fingerprint density at radius 2 is 1.85 bits per heavy atom. The van der Waals surface area contributed by atoms with Gasteiger partial charge in [-0.1, -0.05) is 28.1 Å². The van der Waals surface area contributed by atoms with Crippen LogP contribution in [-0.2, 0) is 16.6 Å². The van der Waals surface area contributed by atoms with Crippen LogP contribution >= 0.6 is 15.9 Å². The highest BCUT2D eigenvalue weighted by atomic mass is 79.9. The van der Waals surface area contributed by atoms with Crippen LogP contribution in [0.5, 0.6) is 0 Å². The van der Waals surface area contributed by atoms with E-state index < -0.39 is 10.0 Å². The molecule has 7 heteroatoms. The van der Waals surface area contributed by atoms with Crippen LogP contribution in [0.15, 0.2) is 52.0 Å². The Labute approximate surface area is 126 Å². The number of sulfonamides is 1. The van der Waals surface area contributed by atoms with Crippen LogP contribution in [-0.4, -0.2) is 20.4 Å². The molecule has 5 nitrogen and oxygen atoms in total. The molecule has 0 aliphatic carbocycles. The van der Waals surface area contributed by atoms with E-state index in [9.17, 15) is 8.42 Å². The molecule has 20 heavy (non-hydrogen) atoms. The predicted molar refractivity (Wildman–Crippen MR) is 82.0 cm³/mol. The third kappa shape index (κ3) is 3.78. The van der Waals surface area contributed by atoms with E-state index in [1.165, 1.54) is 12.3 Å². The maximum atomic E-state index is 12.1. The fourth-order valence-electron chi connectivity index (χ4n) is 1.55. The second-order valence-corrected chi connectivity index (χ2v) is 6.76. The standard InChI is InChI=1S/C13H14BrN3O2S/c1-15-13-7-6-12(9-16-13)20(18,19)17-8-10-2-4-11(14)5-3-10/h2-7,9,17H,8H2,1H3,(H,15,16). The summed E-state index contributed by atoms with van der Waals surface area (Å²) in [5, 5.41) is 2.84. The molecule has 0 bridgehead atoms. The fourth-order valence-corrected chi connectivity index (χ4v) is 2.78. The molecule has 0 unspecified atom stereocenters. The van der Waals surface area contributed by atoms with E-state index in [0.29, 0.717) is 5.82 Å². The van der Waals surface area contributed by atoms with Gasteiger partial charge >= 0.3 is 0 Å². The molecule has 0 saturated heterocycles. The highest BCUT2D eigenvalue weighted by molar-refractivity contribution is 9.10. The number of nitrogens with one attached hydrogen (secondary N) is 2. The summed E-state index contributed by atoms with van der Waals surface area (Å²) in [6, 6.07) is 10.6. The lowest BCUT2D eigenvalue weighted by molar-refractivity contribution is 0.581. The molecule has 1 aromatic carbocycles. The van der Waals surface area contributed by atoms with Crippen LogP contribution < -0.4 is 10.0 Å². The van der Waals surface area contributed by atoms with E-state index in [0.717, 1.165) is 10.0 Å². The SMILES string of the molecule is CNc1ccc(S(=O)(=O)NCc2ccc(Br)cc2)cn1. The minimum Gasteiger partial charge on any atom is -0.373 e. The highest BCUT2D eigenvalue weighted by Gasteiger charge is 2.13. The van der Waals surface area contributed by atoms with Crippen molar-refractivity contribution in [2.24, 2.45) is 0 Å². The van der Waals surface area contributed by atoms with Crippen LogP contribution in [0, 0.1) is 0 Å². The number of anilines is 1. The Balaban J connectivity index is 2.08. The van der Waals surface area contributed by atoms with Gasteiger partial charge in [0.2, 0.25) is 10.0 Å². The Bertz CT molecular complexity index is 670. The Kier molecular flexibility index (Phi) is 4.74. The lowest BCUT2D eigenvalue weighted by Gasteiger charge is -2.07. The Hall–Kier alpha value is -1.44. The Morgan fingerprint density at radius 3 is 2.40 bits per heavy atom. The molecule has 0 spiro atoms. The zero-order valence-corrected chi connectivity index (χ0v) is 13.2. The molecule has 2 rings (SSSR count). The number of benzene rings is 1. The molecule has 0 saturated carbocycles. The molecule has 106 valence electrons. The molecule has 0 amide bonds. The van der Waals surface area contributed by atoms with Crippen LogP contribution in [0.4, 0.5) is 5.82 Å². The first-order valence-electron chi connectivity index (χ1n) is 5.89. The smallest absolute Gasteiger partial charge is 0.242 e. The molecular weight excluding hydrogens is 342 g/mol. The minimum absolute atomic E-state index is 0.147. The first-order chi connectivity index (χ1) is 9.51. The van der Waals surface area contributed by atoms with Gasteiger partial charge in [-0.3, -0.25) is 0 Å². The van der Waals surface area contributed by atoms with Gasteiger partial charge in [-0.2, -0.15) is 0 Å². The third-order valence-electron chi connectivity index (χ3n) is 2.68. The van der Waals surface area contributed by atoms with Gasteiger partial charge in [-0.05, 0) is 29.8 Å².